The van der Waals surface area contributed by atoms with Crippen LogP contribution in [0.5, 0.6) is 0 Å². The zero-order valence-corrected chi connectivity index (χ0v) is 12.8. The maximum atomic E-state index is 12.9. The van der Waals surface area contributed by atoms with Crippen molar-refractivity contribution < 1.29 is 4.39 Å². The summed E-state index contributed by atoms with van der Waals surface area (Å²) in [6.45, 7) is 0. The summed E-state index contributed by atoms with van der Waals surface area (Å²) in [6, 6.07) is 10.7. The number of nitrogens with zero attached hydrogens (tertiary/aromatic N) is 1. The van der Waals surface area contributed by atoms with Gasteiger partial charge < -0.3 is 0 Å². The highest BCUT2D eigenvalue weighted by atomic mass is 79.9. The molecule has 0 aliphatic heterocycles. The van der Waals surface area contributed by atoms with E-state index in [1.54, 1.807) is 6.20 Å². The van der Waals surface area contributed by atoms with E-state index >= 15 is 0 Å². The Labute approximate surface area is 123 Å². The quantitative estimate of drug-likeness (QED) is 0.708. The lowest BCUT2D eigenvalue weighted by molar-refractivity contribution is 0.625. The molecule has 0 bridgehead atoms. The molecule has 0 aliphatic rings. The Bertz CT molecular complexity index is 496. The third-order valence-corrected chi connectivity index (χ3v) is 4.02. The zero-order chi connectivity index (χ0) is 13.0. The molecule has 0 radical (unpaired) electrons. The highest BCUT2D eigenvalue weighted by Crippen LogP contribution is 2.23. The van der Waals surface area contributed by atoms with Gasteiger partial charge in [0.15, 0.2) is 0 Å². The van der Waals surface area contributed by atoms with Gasteiger partial charge in [-0.15, -0.1) is 0 Å². The average molecular weight is 373 g/mol. The van der Waals surface area contributed by atoms with Crippen molar-refractivity contribution in [2.45, 2.75) is 12.3 Å². The lowest BCUT2D eigenvalue weighted by Crippen LogP contribution is -2.05. The van der Waals surface area contributed by atoms with Crippen molar-refractivity contribution in [3.8, 4) is 0 Å². The van der Waals surface area contributed by atoms with Crippen LogP contribution in [0.15, 0.2) is 47.1 Å². The second-order valence-electron chi connectivity index (χ2n) is 4.07. The minimum Gasteiger partial charge on any atom is -0.260 e. The Morgan fingerprint density at radius 1 is 1.11 bits per heavy atom. The summed E-state index contributed by atoms with van der Waals surface area (Å²) >= 11 is 6.88. The van der Waals surface area contributed by atoms with E-state index in [0.717, 1.165) is 27.5 Å². The molecule has 1 nitrogen and oxygen atoms in total. The average Bonchev–Trinajstić information content (AvgIpc) is 2.39. The zero-order valence-electron chi connectivity index (χ0n) is 9.61. The smallest absolute Gasteiger partial charge is 0.123 e. The van der Waals surface area contributed by atoms with Crippen LogP contribution >= 0.6 is 31.9 Å². The van der Waals surface area contributed by atoms with Gasteiger partial charge in [-0.2, -0.15) is 0 Å². The molecule has 18 heavy (non-hydrogen) atoms. The molecular formula is C14H12Br2FN. The molecule has 2 rings (SSSR count). The number of hydrogen-bond acceptors (Lipinski definition) is 1. The van der Waals surface area contributed by atoms with Gasteiger partial charge in [0.1, 0.15) is 5.82 Å². The van der Waals surface area contributed by atoms with Gasteiger partial charge in [0, 0.05) is 21.7 Å². The number of alkyl halides is 1. The maximum absolute atomic E-state index is 12.9. The van der Waals surface area contributed by atoms with Crippen LogP contribution in [0, 0.1) is 5.82 Å². The molecule has 0 aliphatic carbocycles. The third kappa shape index (κ3) is 3.62. The van der Waals surface area contributed by atoms with Crippen molar-refractivity contribution in [1.29, 1.82) is 0 Å². The number of rotatable bonds is 4. The first kappa shape index (κ1) is 13.7. The van der Waals surface area contributed by atoms with Crippen LogP contribution in [0.4, 0.5) is 4.39 Å². The van der Waals surface area contributed by atoms with Crippen LogP contribution in [0.1, 0.15) is 17.2 Å². The second kappa shape index (κ2) is 6.43. The summed E-state index contributed by atoms with van der Waals surface area (Å²) in [4.78, 5) is 4.37. The first-order chi connectivity index (χ1) is 8.69. The molecule has 4 heteroatoms. The second-order valence-corrected chi connectivity index (χ2v) is 5.64. The van der Waals surface area contributed by atoms with Gasteiger partial charge in [-0.05, 0) is 58.1 Å². The van der Waals surface area contributed by atoms with Crippen molar-refractivity contribution in [3.63, 3.8) is 0 Å². The predicted molar refractivity (Wildman–Crippen MR) is 78.6 cm³/mol. The molecular weight excluding hydrogens is 361 g/mol. The fraction of sp³-hybridized carbons (Fsp3) is 0.214. The Morgan fingerprint density at radius 2 is 1.83 bits per heavy atom. The maximum Gasteiger partial charge on any atom is 0.123 e. The minimum absolute atomic E-state index is 0.200. The van der Waals surface area contributed by atoms with Gasteiger partial charge >= 0.3 is 0 Å². The first-order valence-corrected chi connectivity index (χ1v) is 7.52. The molecule has 0 saturated carbocycles. The number of halogens is 3. The Morgan fingerprint density at radius 3 is 2.39 bits per heavy atom. The fourth-order valence-corrected chi connectivity index (χ4v) is 2.61. The molecule has 1 aromatic carbocycles. The van der Waals surface area contributed by atoms with Gasteiger partial charge in [-0.1, -0.05) is 28.1 Å². The van der Waals surface area contributed by atoms with Gasteiger partial charge in [0.25, 0.3) is 0 Å². The van der Waals surface area contributed by atoms with Crippen LogP contribution in [0.25, 0.3) is 0 Å². The number of benzene rings is 1. The van der Waals surface area contributed by atoms with Gasteiger partial charge in [-0.25, -0.2) is 4.39 Å². The molecule has 94 valence electrons. The molecule has 1 unspecified atom stereocenters. The normalized spacial score (nSPS) is 12.4. The monoisotopic (exact) mass is 371 g/mol. The summed E-state index contributed by atoms with van der Waals surface area (Å²) in [7, 11) is 0. The van der Waals surface area contributed by atoms with E-state index < -0.39 is 0 Å². The van der Waals surface area contributed by atoms with Crippen LogP contribution in [-0.2, 0) is 6.42 Å². The third-order valence-electron chi connectivity index (χ3n) is 2.77. The molecule has 2 aromatic rings. The lowest BCUT2D eigenvalue weighted by Gasteiger charge is -2.14. The summed E-state index contributed by atoms with van der Waals surface area (Å²) in [5, 5.41) is 0.830. The summed E-state index contributed by atoms with van der Waals surface area (Å²) in [5.74, 6) is 0.105. The highest BCUT2D eigenvalue weighted by molar-refractivity contribution is 9.10. The molecule has 0 amide bonds. The molecule has 0 fully saturated rings. The van der Waals surface area contributed by atoms with E-state index in [4.69, 9.17) is 0 Å². The standard InChI is InChI=1S/C14H12Br2FN/c15-8-11(10-1-4-13(17)5-2-10)7-14-6-3-12(16)9-18-14/h1-6,9,11H,7-8H2. The summed E-state index contributed by atoms with van der Waals surface area (Å²) in [6.07, 6.45) is 2.63. The van der Waals surface area contributed by atoms with E-state index in [1.165, 1.54) is 12.1 Å². The molecule has 0 spiro atoms. The van der Waals surface area contributed by atoms with Crippen LogP contribution in [-0.4, -0.2) is 10.3 Å². The predicted octanol–water partition coefficient (Wildman–Crippen LogP) is 4.70. The highest BCUT2D eigenvalue weighted by Gasteiger charge is 2.12. The van der Waals surface area contributed by atoms with Gasteiger partial charge in [0.05, 0.1) is 0 Å². The molecule has 0 saturated heterocycles. The van der Waals surface area contributed by atoms with Crippen LogP contribution in [0.3, 0.4) is 0 Å². The summed E-state index contributed by atoms with van der Waals surface area (Å²) in [5.41, 5.74) is 2.16. The number of aromatic nitrogens is 1. The molecule has 0 N–H and O–H groups in total. The van der Waals surface area contributed by atoms with E-state index in [2.05, 4.69) is 36.8 Å². The van der Waals surface area contributed by atoms with Crippen LogP contribution < -0.4 is 0 Å². The van der Waals surface area contributed by atoms with E-state index in [9.17, 15) is 4.39 Å². The van der Waals surface area contributed by atoms with Gasteiger partial charge in [-0.3, -0.25) is 4.98 Å². The van der Waals surface area contributed by atoms with Crippen molar-refractivity contribution in [3.05, 3.63) is 64.1 Å². The largest absolute Gasteiger partial charge is 0.260 e. The SMILES string of the molecule is Fc1ccc(C(CBr)Cc2ccc(Br)cn2)cc1. The van der Waals surface area contributed by atoms with Crippen LogP contribution in [0.2, 0.25) is 0 Å². The minimum atomic E-state index is -0.200. The summed E-state index contributed by atoms with van der Waals surface area (Å²) < 4.78 is 13.9. The van der Waals surface area contributed by atoms with Crippen molar-refractivity contribution in [2.24, 2.45) is 0 Å². The van der Waals surface area contributed by atoms with E-state index in [0.29, 0.717) is 5.92 Å². The van der Waals surface area contributed by atoms with Crippen molar-refractivity contribution >= 4 is 31.9 Å². The van der Waals surface area contributed by atoms with Gasteiger partial charge in [0.2, 0.25) is 0 Å². The molecule has 1 aromatic heterocycles. The van der Waals surface area contributed by atoms with Crippen molar-refractivity contribution in [2.75, 3.05) is 5.33 Å². The fourth-order valence-electron chi connectivity index (χ4n) is 1.78. The lowest BCUT2D eigenvalue weighted by atomic mass is 9.96. The molecule has 1 heterocycles. The Balaban J connectivity index is 2.14. The topological polar surface area (TPSA) is 12.9 Å². The number of pyridine rings is 1. The first-order valence-electron chi connectivity index (χ1n) is 5.61. The molecule has 1 atom stereocenters. The Kier molecular flexibility index (Phi) is 4.89. The van der Waals surface area contributed by atoms with E-state index in [1.807, 2.05) is 24.3 Å². The number of hydrogen-bond donors (Lipinski definition) is 0. The Hall–Kier alpha value is -0.740. The van der Waals surface area contributed by atoms with Crippen molar-refractivity contribution in [1.82, 2.24) is 4.98 Å². The van der Waals surface area contributed by atoms with E-state index in [-0.39, 0.29) is 5.82 Å².